The van der Waals surface area contributed by atoms with Crippen molar-refractivity contribution in [2.24, 2.45) is 5.73 Å². The van der Waals surface area contributed by atoms with E-state index < -0.39 is 0 Å². The fourth-order valence-corrected chi connectivity index (χ4v) is 3.18. The molecule has 1 fully saturated rings. The van der Waals surface area contributed by atoms with Crippen molar-refractivity contribution in [1.82, 2.24) is 4.90 Å². The zero-order chi connectivity index (χ0) is 15.4. The van der Waals surface area contributed by atoms with E-state index >= 15 is 0 Å². The third-order valence-electron chi connectivity index (χ3n) is 4.39. The fraction of sp³-hybridized carbons (Fsp3) is 1.00. The van der Waals surface area contributed by atoms with Gasteiger partial charge in [0.05, 0.1) is 33.0 Å². The maximum atomic E-state index is 6.08. The van der Waals surface area contributed by atoms with Crippen LogP contribution >= 0.6 is 0 Å². The van der Waals surface area contributed by atoms with Gasteiger partial charge >= 0.3 is 0 Å². The van der Waals surface area contributed by atoms with Crippen LogP contribution in [0.25, 0.3) is 0 Å². The summed E-state index contributed by atoms with van der Waals surface area (Å²) >= 11 is 0. The van der Waals surface area contributed by atoms with Crippen molar-refractivity contribution < 1.29 is 14.2 Å². The number of hydrogen-bond donors (Lipinski definition) is 1. The Bertz CT molecular complexity index is 246. The highest BCUT2D eigenvalue weighted by molar-refractivity contribution is 4.95. The molecule has 0 bridgehead atoms. The topological polar surface area (TPSA) is 57.0 Å². The highest BCUT2D eigenvalue weighted by atomic mass is 16.5. The van der Waals surface area contributed by atoms with E-state index in [1.807, 2.05) is 0 Å². The Morgan fingerprint density at radius 3 is 2.14 bits per heavy atom. The molecule has 0 aliphatic heterocycles. The molecular formula is C16H34N2O3. The maximum Gasteiger partial charge on any atom is 0.0701 e. The van der Waals surface area contributed by atoms with Gasteiger partial charge in [-0.3, -0.25) is 4.90 Å². The van der Waals surface area contributed by atoms with Gasteiger partial charge in [0.25, 0.3) is 0 Å². The van der Waals surface area contributed by atoms with Gasteiger partial charge in [-0.15, -0.1) is 0 Å². The molecule has 0 aromatic heterocycles. The van der Waals surface area contributed by atoms with E-state index in [-0.39, 0.29) is 5.54 Å². The monoisotopic (exact) mass is 302 g/mol. The molecule has 0 atom stereocenters. The van der Waals surface area contributed by atoms with Gasteiger partial charge in [0.2, 0.25) is 0 Å². The van der Waals surface area contributed by atoms with Gasteiger partial charge in [-0.05, 0) is 25.8 Å². The van der Waals surface area contributed by atoms with Crippen molar-refractivity contribution in [3.05, 3.63) is 0 Å². The summed E-state index contributed by atoms with van der Waals surface area (Å²) in [6, 6.07) is 0. The van der Waals surface area contributed by atoms with Gasteiger partial charge in [0, 0.05) is 25.7 Å². The van der Waals surface area contributed by atoms with E-state index in [2.05, 4.69) is 11.8 Å². The lowest BCUT2D eigenvalue weighted by molar-refractivity contribution is 0.00723. The third-order valence-corrected chi connectivity index (χ3v) is 4.39. The lowest BCUT2D eigenvalue weighted by Crippen LogP contribution is -2.53. The van der Waals surface area contributed by atoms with E-state index in [4.69, 9.17) is 19.9 Å². The number of rotatable bonds is 13. The Morgan fingerprint density at radius 2 is 1.57 bits per heavy atom. The molecule has 0 amide bonds. The lowest BCUT2D eigenvalue weighted by atomic mass is 9.95. The summed E-state index contributed by atoms with van der Waals surface area (Å²) in [6.07, 6.45) is 6.27. The number of nitrogens with zero attached hydrogens (tertiary/aromatic N) is 1. The number of methoxy groups -OCH3 is 1. The molecule has 126 valence electrons. The molecule has 21 heavy (non-hydrogen) atoms. The number of hydrogen-bond acceptors (Lipinski definition) is 5. The first kappa shape index (κ1) is 18.8. The first-order chi connectivity index (χ1) is 10.3. The van der Waals surface area contributed by atoms with E-state index in [1.54, 1.807) is 7.11 Å². The highest BCUT2D eigenvalue weighted by Crippen LogP contribution is 2.34. The second-order valence-electron chi connectivity index (χ2n) is 5.84. The molecule has 2 N–H and O–H groups in total. The Kier molecular flexibility index (Phi) is 10.2. The second-order valence-corrected chi connectivity index (χ2v) is 5.84. The molecule has 0 saturated heterocycles. The molecular weight excluding hydrogens is 268 g/mol. The second kappa shape index (κ2) is 11.4. The normalized spacial score (nSPS) is 17.7. The molecule has 5 nitrogen and oxygen atoms in total. The highest BCUT2D eigenvalue weighted by Gasteiger charge is 2.37. The Balaban J connectivity index is 2.19. The van der Waals surface area contributed by atoms with E-state index in [0.29, 0.717) is 26.4 Å². The lowest BCUT2D eigenvalue weighted by Gasteiger charge is -2.40. The van der Waals surface area contributed by atoms with Crippen molar-refractivity contribution in [2.45, 2.75) is 44.6 Å². The van der Waals surface area contributed by atoms with Gasteiger partial charge in [-0.1, -0.05) is 19.8 Å². The van der Waals surface area contributed by atoms with Crippen molar-refractivity contribution >= 4 is 0 Å². The van der Waals surface area contributed by atoms with Crippen LogP contribution in [-0.2, 0) is 14.2 Å². The molecule has 0 aromatic rings. The zero-order valence-electron chi connectivity index (χ0n) is 13.9. The predicted octanol–water partition coefficient (Wildman–Crippen LogP) is 1.65. The Morgan fingerprint density at radius 1 is 0.952 bits per heavy atom. The molecule has 1 aliphatic rings. The van der Waals surface area contributed by atoms with Gasteiger partial charge < -0.3 is 19.9 Å². The molecule has 0 heterocycles. The summed E-state index contributed by atoms with van der Waals surface area (Å²) in [5.74, 6) is 0. The minimum Gasteiger partial charge on any atom is -0.382 e. The Labute approximate surface area is 130 Å². The average Bonchev–Trinajstić information content (AvgIpc) is 2.99. The number of nitrogens with two attached hydrogens (primary N) is 1. The number of ether oxygens (including phenoxy) is 3. The summed E-state index contributed by atoms with van der Waals surface area (Å²) < 4.78 is 16.0. The van der Waals surface area contributed by atoms with Crippen molar-refractivity contribution in [2.75, 3.05) is 59.8 Å². The quantitative estimate of drug-likeness (QED) is 0.524. The maximum absolute atomic E-state index is 6.08. The van der Waals surface area contributed by atoms with Crippen LogP contribution in [-0.4, -0.2) is 70.2 Å². The van der Waals surface area contributed by atoms with Gasteiger partial charge in [-0.2, -0.15) is 0 Å². The van der Waals surface area contributed by atoms with Crippen LogP contribution in [0.5, 0.6) is 0 Å². The molecule has 1 aliphatic carbocycles. The van der Waals surface area contributed by atoms with Crippen molar-refractivity contribution in [1.29, 1.82) is 0 Å². The first-order valence-electron chi connectivity index (χ1n) is 8.38. The summed E-state index contributed by atoms with van der Waals surface area (Å²) in [5, 5.41) is 0. The molecule has 0 unspecified atom stereocenters. The minimum atomic E-state index is 0.230. The summed E-state index contributed by atoms with van der Waals surface area (Å²) in [6.45, 7) is 8.42. The zero-order valence-corrected chi connectivity index (χ0v) is 13.9. The minimum absolute atomic E-state index is 0.230. The molecule has 5 heteroatoms. The van der Waals surface area contributed by atoms with E-state index in [9.17, 15) is 0 Å². The summed E-state index contributed by atoms with van der Waals surface area (Å²) in [7, 11) is 1.68. The van der Waals surface area contributed by atoms with Crippen molar-refractivity contribution in [3.63, 3.8) is 0 Å². The van der Waals surface area contributed by atoms with Crippen LogP contribution in [0.1, 0.15) is 39.0 Å². The van der Waals surface area contributed by atoms with Crippen LogP contribution < -0.4 is 5.73 Å². The predicted molar refractivity (Wildman–Crippen MR) is 85.6 cm³/mol. The van der Waals surface area contributed by atoms with E-state index in [0.717, 1.165) is 26.2 Å². The van der Waals surface area contributed by atoms with Crippen LogP contribution in [0, 0.1) is 0 Å². The molecule has 0 radical (unpaired) electrons. The largest absolute Gasteiger partial charge is 0.382 e. The molecule has 1 rings (SSSR count). The molecule has 0 spiro atoms. The van der Waals surface area contributed by atoms with Gasteiger partial charge in [-0.25, -0.2) is 0 Å². The first-order valence-corrected chi connectivity index (χ1v) is 8.38. The van der Waals surface area contributed by atoms with E-state index in [1.165, 1.54) is 32.1 Å². The van der Waals surface area contributed by atoms with Gasteiger partial charge in [0.15, 0.2) is 0 Å². The van der Waals surface area contributed by atoms with Crippen LogP contribution in [0.3, 0.4) is 0 Å². The summed E-state index contributed by atoms with van der Waals surface area (Å²) in [5.41, 5.74) is 6.31. The van der Waals surface area contributed by atoms with Crippen molar-refractivity contribution in [3.8, 4) is 0 Å². The fourth-order valence-electron chi connectivity index (χ4n) is 3.18. The van der Waals surface area contributed by atoms with Crippen LogP contribution in [0.15, 0.2) is 0 Å². The Hall–Kier alpha value is -0.200. The van der Waals surface area contributed by atoms with Gasteiger partial charge in [0.1, 0.15) is 0 Å². The standard InChI is InChI=1S/C16H34N2O3/c1-3-8-18(16(15-17)6-4-5-7-16)9-10-20-13-14-21-12-11-19-2/h3-15,17H2,1-2H3. The SMILES string of the molecule is CCCN(CCOCCOCCOC)C1(CN)CCCC1. The van der Waals surface area contributed by atoms with Crippen LogP contribution in [0.2, 0.25) is 0 Å². The third kappa shape index (κ3) is 6.61. The van der Waals surface area contributed by atoms with Crippen LogP contribution in [0.4, 0.5) is 0 Å². The molecule has 0 aromatic carbocycles. The summed E-state index contributed by atoms with van der Waals surface area (Å²) in [4.78, 5) is 2.56. The average molecular weight is 302 g/mol. The molecule has 1 saturated carbocycles. The smallest absolute Gasteiger partial charge is 0.0701 e.